The minimum Gasteiger partial charge on any atom is -0.288 e. The highest BCUT2D eigenvalue weighted by Gasteiger charge is 2.47. The third-order valence-electron chi connectivity index (χ3n) is 9.77. The van der Waals surface area contributed by atoms with Crippen LogP contribution in [0.1, 0.15) is 117 Å². The smallest absolute Gasteiger partial charge is 0.197 e. The lowest BCUT2D eigenvalue weighted by atomic mass is 9.68. The highest BCUT2D eigenvalue weighted by molar-refractivity contribution is 7.23. The summed E-state index contributed by atoms with van der Waals surface area (Å²) >= 11 is 2.96. The second-order valence-electron chi connectivity index (χ2n) is 12.2. The molecule has 4 aliphatic carbocycles. The van der Waals surface area contributed by atoms with Gasteiger partial charge in [0.1, 0.15) is 24.3 Å². The SMILES string of the molecule is N#Cc1cc2c(cc1C#N)C(=O)C(=Cc1cc3c(s1)-c1sc(C=C4C(=O)c5cc(C#N)c(C#N)cc5C4=O)cc1C31CCCCC1)C2=O. The Labute approximate surface area is 281 Å². The Kier molecular flexibility index (Phi) is 6.42. The van der Waals surface area contributed by atoms with E-state index in [9.17, 15) is 40.2 Å². The molecule has 8 rings (SSSR count). The predicted octanol–water partition coefficient (Wildman–Crippen LogP) is 7.45. The zero-order valence-electron chi connectivity index (χ0n) is 24.9. The average molecular weight is 659 g/mol. The molecular weight excluding hydrogens is 641 g/mol. The number of thiophene rings is 2. The van der Waals surface area contributed by atoms with Crippen LogP contribution in [0.25, 0.3) is 21.9 Å². The van der Waals surface area contributed by atoms with Gasteiger partial charge >= 0.3 is 0 Å². The molecule has 48 heavy (non-hydrogen) atoms. The number of fused-ring (bicyclic) bond motifs is 7. The number of carbonyl (C=O) groups excluding carboxylic acids is 4. The quantitative estimate of drug-likeness (QED) is 0.158. The van der Waals surface area contributed by atoms with E-state index in [1.807, 2.05) is 24.3 Å². The van der Waals surface area contributed by atoms with Crippen LogP contribution >= 0.6 is 22.7 Å². The maximum Gasteiger partial charge on any atom is 0.197 e. The molecule has 0 N–H and O–H groups in total. The Morgan fingerprint density at radius 1 is 0.521 bits per heavy atom. The highest BCUT2D eigenvalue weighted by atomic mass is 32.1. The van der Waals surface area contributed by atoms with Crippen molar-refractivity contribution in [2.45, 2.75) is 37.5 Å². The van der Waals surface area contributed by atoms with Gasteiger partial charge in [-0.2, -0.15) is 21.0 Å². The van der Waals surface area contributed by atoms with E-state index < -0.39 is 23.1 Å². The first-order valence-corrected chi connectivity index (χ1v) is 16.7. The summed E-state index contributed by atoms with van der Waals surface area (Å²) in [4.78, 5) is 57.0. The molecule has 4 aromatic rings. The number of benzene rings is 2. The number of hydrogen-bond donors (Lipinski definition) is 0. The van der Waals surface area contributed by atoms with Crippen molar-refractivity contribution in [3.63, 3.8) is 0 Å². The molecule has 0 amide bonds. The van der Waals surface area contributed by atoms with Gasteiger partial charge in [-0.05, 0) is 72.5 Å². The average Bonchev–Trinajstić information content (AvgIpc) is 3.88. The summed E-state index contributed by atoms with van der Waals surface area (Å²) < 4.78 is 0. The van der Waals surface area contributed by atoms with Gasteiger partial charge in [0, 0.05) is 47.2 Å². The molecule has 0 saturated heterocycles. The zero-order chi connectivity index (χ0) is 33.5. The maximum absolute atomic E-state index is 13.4. The van der Waals surface area contributed by atoms with E-state index in [-0.39, 0.29) is 61.1 Å². The van der Waals surface area contributed by atoms with Crippen molar-refractivity contribution in [1.82, 2.24) is 0 Å². The molecule has 8 nitrogen and oxygen atoms in total. The van der Waals surface area contributed by atoms with Gasteiger partial charge < -0.3 is 0 Å². The van der Waals surface area contributed by atoms with Crippen LogP contribution in [0.2, 0.25) is 0 Å². The van der Waals surface area contributed by atoms with E-state index in [0.29, 0.717) is 0 Å². The second-order valence-corrected chi connectivity index (χ2v) is 14.4. The van der Waals surface area contributed by atoms with E-state index in [4.69, 9.17) is 0 Å². The first-order valence-electron chi connectivity index (χ1n) is 15.1. The Morgan fingerprint density at radius 2 is 0.854 bits per heavy atom. The fraction of sp³-hybridized carbons (Fsp3) is 0.158. The topological polar surface area (TPSA) is 163 Å². The van der Waals surface area contributed by atoms with Crippen LogP contribution in [0.4, 0.5) is 0 Å². The molecule has 0 radical (unpaired) electrons. The monoisotopic (exact) mass is 658 g/mol. The number of hydrogen-bond acceptors (Lipinski definition) is 10. The minimum absolute atomic E-state index is 0.00430. The van der Waals surface area contributed by atoms with Crippen molar-refractivity contribution in [3.05, 3.63) is 113 Å². The van der Waals surface area contributed by atoms with E-state index in [0.717, 1.165) is 62.7 Å². The van der Waals surface area contributed by atoms with Gasteiger partial charge in [-0.15, -0.1) is 22.7 Å². The minimum atomic E-state index is -0.474. The largest absolute Gasteiger partial charge is 0.288 e. The maximum atomic E-state index is 13.4. The third-order valence-corrected chi connectivity index (χ3v) is 12.1. The standard InChI is InChI=1S/C38H18N4O4S2/c39-14-18-6-24-25(7-19(18)15-40)33(44)28(32(24)43)10-22-12-30-36(47-22)37-31(38(30)4-2-1-3-5-38)13-23(48-37)11-29-34(45)26-8-20(16-41)21(17-42)9-27(26)35(29)46/h6-13H,1-5H2. The normalized spacial score (nSPS) is 16.5. The number of nitriles is 4. The first-order chi connectivity index (χ1) is 23.2. The molecule has 1 saturated carbocycles. The molecule has 2 aromatic carbocycles. The zero-order valence-corrected chi connectivity index (χ0v) is 26.5. The molecule has 226 valence electrons. The molecule has 0 atom stereocenters. The van der Waals surface area contributed by atoms with Crippen molar-refractivity contribution in [3.8, 4) is 34.0 Å². The van der Waals surface area contributed by atoms with Gasteiger partial charge in [0.25, 0.3) is 0 Å². The summed E-state index contributed by atoms with van der Waals surface area (Å²) in [6.45, 7) is 0. The Bertz CT molecular complexity index is 2230. The molecule has 0 unspecified atom stereocenters. The van der Waals surface area contributed by atoms with Crippen LogP contribution in [0.15, 0.2) is 47.5 Å². The fourth-order valence-electron chi connectivity index (χ4n) is 7.50. The van der Waals surface area contributed by atoms with E-state index in [2.05, 4.69) is 12.1 Å². The van der Waals surface area contributed by atoms with Crippen LogP contribution in [0.3, 0.4) is 0 Å². The Hall–Kier alpha value is -6.04. The van der Waals surface area contributed by atoms with E-state index in [1.165, 1.54) is 46.9 Å². The Morgan fingerprint density at radius 3 is 1.17 bits per heavy atom. The lowest BCUT2D eigenvalue weighted by Gasteiger charge is -2.34. The number of allylic oxidation sites excluding steroid dienone is 2. The predicted molar refractivity (Wildman–Crippen MR) is 177 cm³/mol. The summed E-state index contributed by atoms with van der Waals surface area (Å²) in [6.07, 6.45) is 8.22. The van der Waals surface area contributed by atoms with Gasteiger partial charge in [-0.3, -0.25) is 19.2 Å². The molecule has 2 heterocycles. The van der Waals surface area contributed by atoms with Crippen molar-refractivity contribution in [1.29, 1.82) is 21.0 Å². The molecule has 1 fully saturated rings. The van der Waals surface area contributed by atoms with Crippen LogP contribution in [0.5, 0.6) is 0 Å². The summed E-state index contributed by atoms with van der Waals surface area (Å²) in [5, 5.41) is 37.7. The van der Waals surface area contributed by atoms with Crippen molar-refractivity contribution in [2.75, 3.05) is 0 Å². The highest BCUT2D eigenvalue weighted by Crippen LogP contribution is 2.61. The number of carbonyl (C=O) groups is 4. The van der Waals surface area contributed by atoms with E-state index in [1.54, 1.807) is 12.2 Å². The van der Waals surface area contributed by atoms with Gasteiger partial charge in [-0.25, -0.2) is 0 Å². The molecule has 0 bridgehead atoms. The summed E-state index contributed by atoms with van der Waals surface area (Å²) in [6, 6.07) is 17.1. The van der Waals surface area contributed by atoms with Crippen LogP contribution in [0, 0.1) is 45.3 Å². The van der Waals surface area contributed by atoms with Crippen LogP contribution in [-0.2, 0) is 5.41 Å². The molecular formula is C38H18N4O4S2. The summed E-state index contributed by atoms with van der Waals surface area (Å²) in [7, 11) is 0. The summed E-state index contributed by atoms with van der Waals surface area (Å²) in [5.41, 5.74) is 2.72. The van der Waals surface area contributed by atoms with Gasteiger partial charge in [-0.1, -0.05) is 19.3 Å². The van der Waals surface area contributed by atoms with Gasteiger partial charge in [0.15, 0.2) is 23.1 Å². The Balaban J connectivity index is 1.20. The molecule has 0 aliphatic heterocycles. The third kappa shape index (κ3) is 3.95. The number of Topliss-reactive ketones (excluding diaryl/α,β-unsaturated/α-hetero) is 4. The summed E-state index contributed by atoms with van der Waals surface area (Å²) in [5.74, 6) is -1.90. The van der Waals surface area contributed by atoms with Crippen molar-refractivity contribution < 1.29 is 19.2 Å². The van der Waals surface area contributed by atoms with Crippen LogP contribution < -0.4 is 0 Å². The number of nitrogens with zero attached hydrogens (tertiary/aromatic N) is 4. The van der Waals surface area contributed by atoms with E-state index >= 15 is 0 Å². The molecule has 2 aromatic heterocycles. The lowest BCUT2D eigenvalue weighted by Crippen LogP contribution is -2.27. The molecule has 10 heteroatoms. The van der Waals surface area contributed by atoms with Gasteiger partial charge in [0.05, 0.1) is 33.4 Å². The van der Waals surface area contributed by atoms with Crippen molar-refractivity contribution in [2.24, 2.45) is 0 Å². The van der Waals surface area contributed by atoms with Crippen LogP contribution in [-0.4, -0.2) is 23.1 Å². The first kappa shape index (κ1) is 29.4. The molecule has 1 spiro atoms. The van der Waals surface area contributed by atoms with Gasteiger partial charge in [0.2, 0.25) is 0 Å². The lowest BCUT2D eigenvalue weighted by molar-refractivity contribution is 0.0975. The second kappa shape index (κ2) is 10.5. The molecule has 4 aliphatic rings. The number of ketones is 4. The fourth-order valence-corrected chi connectivity index (χ4v) is 10.1. The number of rotatable bonds is 2. The van der Waals surface area contributed by atoms with Crippen molar-refractivity contribution >= 4 is 58.0 Å².